The van der Waals surface area contributed by atoms with E-state index in [1.54, 1.807) is 60.4 Å². The summed E-state index contributed by atoms with van der Waals surface area (Å²) in [5.41, 5.74) is 1.43. The Balaban J connectivity index is 1.55. The highest BCUT2D eigenvalue weighted by atomic mass is 16.5. The molecule has 4 rings (SSSR count). The van der Waals surface area contributed by atoms with E-state index in [1.165, 1.54) is 0 Å². The number of anilines is 1. The normalized spacial score (nSPS) is 18.4. The lowest BCUT2D eigenvalue weighted by Gasteiger charge is -2.31. The van der Waals surface area contributed by atoms with Gasteiger partial charge < -0.3 is 9.64 Å². The maximum Gasteiger partial charge on any atom is 0.310 e. The summed E-state index contributed by atoms with van der Waals surface area (Å²) in [6.07, 6.45) is 1.41. The van der Waals surface area contributed by atoms with Gasteiger partial charge in [-0.15, -0.1) is 0 Å². The van der Waals surface area contributed by atoms with Gasteiger partial charge in [0, 0.05) is 18.7 Å². The summed E-state index contributed by atoms with van der Waals surface area (Å²) in [5, 5.41) is 0. The van der Waals surface area contributed by atoms with Gasteiger partial charge in [-0.1, -0.05) is 18.2 Å². The molecule has 154 valence electrons. The van der Waals surface area contributed by atoms with Crippen LogP contribution in [0, 0.1) is 5.92 Å². The van der Waals surface area contributed by atoms with E-state index in [-0.39, 0.29) is 17.8 Å². The molecule has 0 radical (unpaired) electrons. The number of hydrogen-bond donors (Lipinski definition) is 0. The third-order valence-corrected chi connectivity index (χ3v) is 5.47. The minimum atomic E-state index is -0.402. The minimum Gasteiger partial charge on any atom is -0.466 e. The predicted molar refractivity (Wildman–Crippen MR) is 109 cm³/mol. The molecule has 2 aromatic carbocycles. The highest BCUT2D eigenvalue weighted by Crippen LogP contribution is 2.29. The Kier molecular flexibility index (Phi) is 5.35. The lowest BCUT2D eigenvalue weighted by molar-refractivity contribution is -0.149. The van der Waals surface area contributed by atoms with Gasteiger partial charge in [0.05, 0.1) is 29.3 Å². The van der Waals surface area contributed by atoms with Gasteiger partial charge in [-0.3, -0.25) is 19.2 Å². The number of hydrogen-bond acceptors (Lipinski definition) is 5. The van der Waals surface area contributed by atoms with Crippen molar-refractivity contribution in [3.63, 3.8) is 0 Å². The molecule has 0 N–H and O–H groups in total. The molecule has 2 aliphatic heterocycles. The zero-order valence-electron chi connectivity index (χ0n) is 16.7. The number of piperidine rings is 1. The standard InChI is InChI=1S/C23H22N2O5/c1-2-30-23(29)16-8-6-12-24(14-16)20(26)15-7-5-9-17(13-15)25-21(27)18-10-3-4-11-19(18)22(25)28/h3-5,7,9-11,13,16H,2,6,8,12,14H2,1H3. The molecule has 0 aromatic heterocycles. The van der Waals surface area contributed by atoms with E-state index in [9.17, 15) is 19.2 Å². The van der Waals surface area contributed by atoms with Crippen LogP contribution in [0.5, 0.6) is 0 Å². The van der Waals surface area contributed by atoms with Gasteiger partial charge in [-0.2, -0.15) is 0 Å². The van der Waals surface area contributed by atoms with E-state index >= 15 is 0 Å². The van der Waals surface area contributed by atoms with E-state index in [0.29, 0.717) is 54.9 Å². The molecule has 30 heavy (non-hydrogen) atoms. The van der Waals surface area contributed by atoms with Crippen LogP contribution in [0.1, 0.15) is 50.8 Å². The van der Waals surface area contributed by atoms with E-state index in [1.807, 2.05) is 0 Å². The molecule has 1 saturated heterocycles. The van der Waals surface area contributed by atoms with Crippen LogP contribution in [0.3, 0.4) is 0 Å². The summed E-state index contributed by atoms with van der Waals surface area (Å²) in [6.45, 7) is 2.92. The summed E-state index contributed by atoms with van der Waals surface area (Å²) in [7, 11) is 0. The third kappa shape index (κ3) is 3.47. The molecular weight excluding hydrogens is 384 g/mol. The molecule has 0 aliphatic carbocycles. The first kappa shape index (κ1) is 19.8. The Morgan fingerprint density at radius 3 is 2.40 bits per heavy atom. The molecule has 7 heteroatoms. The molecule has 0 spiro atoms. The quantitative estimate of drug-likeness (QED) is 0.576. The van der Waals surface area contributed by atoms with Gasteiger partial charge in [-0.25, -0.2) is 4.90 Å². The van der Waals surface area contributed by atoms with Gasteiger partial charge >= 0.3 is 5.97 Å². The van der Waals surface area contributed by atoms with Crippen LogP contribution in [-0.4, -0.2) is 48.3 Å². The van der Waals surface area contributed by atoms with Crippen molar-refractivity contribution < 1.29 is 23.9 Å². The number of fused-ring (bicyclic) bond motifs is 1. The number of esters is 1. The van der Waals surface area contributed by atoms with E-state index in [4.69, 9.17) is 4.74 Å². The fourth-order valence-electron chi connectivity index (χ4n) is 4.00. The molecule has 1 atom stereocenters. The lowest BCUT2D eigenvalue weighted by Crippen LogP contribution is -2.42. The summed E-state index contributed by atoms with van der Waals surface area (Å²) in [4.78, 5) is 53.3. The Bertz CT molecular complexity index is 997. The molecular formula is C23H22N2O5. The predicted octanol–water partition coefficient (Wildman–Crippen LogP) is 2.90. The third-order valence-electron chi connectivity index (χ3n) is 5.47. The summed E-state index contributed by atoms with van der Waals surface area (Å²) in [5.74, 6) is -1.65. The molecule has 3 amide bonds. The number of rotatable bonds is 4. The summed E-state index contributed by atoms with van der Waals surface area (Å²) in [6, 6.07) is 13.2. The highest BCUT2D eigenvalue weighted by molar-refractivity contribution is 6.34. The maximum absolute atomic E-state index is 13.1. The van der Waals surface area contributed by atoms with Crippen molar-refractivity contribution in [1.29, 1.82) is 0 Å². The monoisotopic (exact) mass is 406 g/mol. The van der Waals surface area contributed by atoms with Crippen molar-refractivity contribution in [2.75, 3.05) is 24.6 Å². The van der Waals surface area contributed by atoms with Gasteiger partial charge in [0.15, 0.2) is 0 Å². The van der Waals surface area contributed by atoms with Crippen molar-refractivity contribution >= 4 is 29.4 Å². The minimum absolute atomic E-state index is 0.234. The Hall–Kier alpha value is -3.48. The molecule has 1 fully saturated rings. The molecule has 2 aliphatic rings. The van der Waals surface area contributed by atoms with E-state index in [0.717, 1.165) is 4.90 Å². The second kappa shape index (κ2) is 8.10. The average Bonchev–Trinajstić information content (AvgIpc) is 3.04. The highest BCUT2D eigenvalue weighted by Gasteiger charge is 2.37. The van der Waals surface area contributed by atoms with E-state index in [2.05, 4.69) is 0 Å². The first-order valence-electron chi connectivity index (χ1n) is 10.0. The zero-order chi connectivity index (χ0) is 21.3. The van der Waals surface area contributed by atoms with Crippen molar-refractivity contribution in [2.45, 2.75) is 19.8 Å². The van der Waals surface area contributed by atoms with Crippen LogP contribution >= 0.6 is 0 Å². The molecule has 1 unspecified atom stereocenters. The lowest BCUT2D eigenvalue weighted by atomic mass is 9.97. The zero-order valence-corrected chi connectivity index (χ0v) is 16.7. The van der Waals surface area contributed by atoms with Crippen LogP contribution < -0.4 is 4.90 Å². The van der Waals surface area contributed by atoms with Crippen LogP contribution in [0.2, 0.25) is 0 Å². The largest absolute Gasteiger partial charge is 0.466 e. The van der Waals surface area contributed by atoms with Crippen molar-refractivity contribution in [3.8, 4) is 0 Å². The summed E-state index contributed by atoms with van der Waals surface area (Å²) >= 11 is 0. The van der Waals surface area contributed by atoms with Crippen molar-refractivity contribution in [2.24, 2.45) is 5.92 Å². The number of ether oxygens (including phenoxy) is 1. The molecule has 2 heterocycles. The average molecular weight is 406 g/mol. The smallest absolute Gasteiger partial charge is 0.310 e. The van der Waals surface area contributed by atoms with Gasteiger partial charge in [0.1, 0.15) is 0 Å². The van der Waals surface area contributed by atoms with Gasteiger partial charge in [0.2, 0.25) is 0 Å². The fourth-order valence-corrected chi connectivity index (χ4v) is 4.00. The summed E-state index contributed by atoms with van der Waals surface area (Å²) < 4.78 is 5.10. The molecule has 2 aromatic rings. The molecule has 0 bridgehead atoms. The topological polar surface area (TPSA) is 84.0 Å². The van der Waals surface area contributed by atoms with Gasteiger partial charge in [0.25, 0.3) is 17.7 Å². The fraction of sp³-hybridized carbons (Fsp3) is 0.304. The maximum atomic E-state index is 13.1. The Morgan fingerprint density at radius 2 is 1.73 bits per heavy atom. The number of carbonyl (C=O) groups excluding carboxylic acids is 4. The van der Waals surface area contributed by atoms with Crippen LogP contribution in [-0.2, 0) is 9.53 Å². The molecule has 7 nitrogen and oxygen atoms in total. The number of likely N-dealkylation sites (tertiary alicyclic amines) is 1. The molecule has 0 saturated carbocycles. The van der Waals surface area contributed by atoms with Crippen molar-refractivity contribution in [3.05, 3.63) is 65.2 Å². The number of nitrogens with zero attached hydrogens (tertiary/aromatic N) is 2. The number of carbonyl (C=O) groups is 4. The SMILES string of the molecule is CCOC(=O)C1CCCN(C(=O)c2cccc(N3C(=O)c4ccccc4C3=O)c2)C1. The van der Waals surface area contributed by atoms with Crippen LogP contribution in [0.15, 0.2) is 48.5 Å². The van der Waals surface area contributed by atoms with Gasteiger partial charge in [-0.05, 0) is 50.1 Å². The number of benzene rings is 2. The first-order chi connectivity index (χ1) is 14.5. The second-order valence-electron chi connectivity index (χ2n) is 7.38. The Labute approximate surface area is 174 Å². The van der Waals surface area contributed by atoms with Crippen molar-refractivity contribution in [1.82, 2.24) is 4.90 Å². The van der Waals surface area contributed by atoms with Crippen LogP contribution in [0.25, 0.3) is 0 Å². The van der Waals surface area contributed by atoms with Crippen LogP contribution in [0.4, 0.5) is 5.69 Å². The Morgan fingerprint density at radius 1 is 1.03 bits per heavy atom. The first-order valence-corrected chi connectivity index (χ1v) is 10.0. The number of amides is 3. The second-order valence-corrected chi connectivity index (χ2v) is 7.38. The van der Waals surface area contributed by atoms with E-state index < -0.39 is 11.8 Å². The number of imide groups is 1.